The quantitative estimate of drug-likeness (QED) is 0.574. The number of fused-ring (bicyclic) bond motifs is 1. The molecule has 2 heterocycles. The number of aliphatic carboxylic acids is 1. The molecule has 9 heteroatoms. The van der Waals surface area contributed by atoms with Gasteiger partial charge in [0.15, 0.2) is 0 Å². The molecule has 6 nitrogen and oxygen atoms in total. The van der Waals surface area contributed by atoms with Crippen LogP contribution in [0.4, 0.5) is 0 Å². The summed E-state index contributed by atoms with van der Waals surface area (Å²) in [6, 6.07) is 0. The van der Waals surface area contributed by atoms with Crippen LogP contribution in [0.5, 0.6) is 0 Å². The number of hydrogen-bond acceptors (Lipinski definition) is 5. The molecule has 1 amide bonds. The predicted molar refractivity (Wildman–Crippen MR) is 89.0 cm³/mol. The van der Waals surface area contributed by atoms with Crippen molar-refractivity contribution < 1.29 is 19.5 Å². The molecule has 22 heavy (non-hydrogen) atoms. The number of carbonyl (C=O) groups excluding carboxylic acids is 2. The summed E-state index contributed by atoms with van der Waals surface area (Å²) in [6.07, 6.45) is 2.37. The van der Waals surface area contributed by atoms with Crippen LogP contribution in [0.25, 0.3) is 0 Å². The number of nitrogens with two attached hydrogens (primary N) is 1. The first-order valence-corrected chi connectivity index (χ1v) is 8.51. The van der Waals surface area contributed by atoms with Crippen LogP contribution < -0.4 is 5.64 Å². The van der Waals surface area contributed by atoms with Crippen molar-refractivity contribution >= 4 is 47.8 Å². The average Bonchev–Trinajstić information content (AvgIpc) is 2.51. The van der Waals surface area contributed by atoms with Gasteiger partial charge in [-0.25, -0.2) is 4.79 Å². The van der Waals surface area contributed by atoms with E-state index in [9.17, 15) is 19.5 Å². The Balaban J connectivity index is 0.000000745. The van der Waals surface area contributed by atoms with Crippen LogP contribution in [0, 0.1) is 5.92 Å². The van der Waals surface area contributed by atoms with Crippen molar-refractivity contribution in [1.82, 2.24) is 4.90 Å². The second-order valence-electron chi connectivity index (χ2n) is 4.86. The van der Waals surface area contributed by atoms with Crippen LogP contribution in [-0.4, -0.2) is 45.1 Å². The van der Waals surface area contributed by atoms with Crippen LogP contribution in [-0.2, 0) is 14.4 Å². The van der Waals surface area contributed by atoms with E-state index in [-0.39, 0.29) is 35.1 Å². The summed E-state index contributed by atoms with van der Waals surface area (Å²) in [6.45, 7) is 3.66. The number of ketones is 1. The Kier molecular flexibility index (Phi) is 7.21. The minimum atomic E-state index is -1.05. The van der Waals surface area contributed by atoms with Crippen molar-refractivity contribution in [1.29, 1.82) is 0 Å². The number of nitrogens with zero attached hydrogens (tertiary/aromatic N) is 1. The SMILES string of the molecule is CCC(=O)C[C@@H]1C(=O)N2C(C(=O)O)=C(CC)CS[C@H]12.NB=S. The Morgan fingerprint density at radius 3 is 2.55 bits per heavy atom. The number of carboxylic acid groups (broad SMARTS) is 1. The number of carbonyl (C=O) groups is 3. The van der Waals surface area contributed by atoms with E-state index in [4.69, 9.17) is 0 Å². The van der Waals surface area contributed by atoms with E-state index in [0.29, 0.717) is 18.6 Å². The standard InChI is InChI=1S/C13H17NO4S.BH2NS/c1-3-7-6-19-12-9(5-8(15)4-2)11(16)14(12)10(7)13(17)18;2-1-3/h9,12H,3-6H2,1-2H3,(H,17,18);2H2/t9-,12-;/m1./s1. The summed E-state index contributed by atoms with van der Waals surface area (Å²) in [4.78, 5) is 36.2. The van der Waals surface area contributed by atoms with Gasteiger partial charge in [-0.2, -0.15) is 0 Å². The van der Waals surface area contributed by atoms with Gasteiger partial charge in [0.1, 0.15) is 11.5 Å². The van der Waals surface area contributed by atoms with Gasteiger partial charge >= 0.3 is 30.0 Å². The Bertz CT molecular complexity index is 524. The van der Waals surface area contributed by atoms with Gasteiger partial charge in [0.2, 0.25) is 5.91 Å². The second-order valence-corrected chi connectivity index (χ2v) is 6.24. The number of rotatable bonds is 5. The van der Waals surface area contributed by atoms with Gasteiger partial charge in [-0.1, -0.05) is 13.8 Å². The van der Waals surface area contributed by atoms with E-state index in [1.807, 2.05) is 6.92 Å². The van der Waals surface area contributed by atoms with Gasteiger partial charge in [0.05, 0.1) is 11.3 Å². The van der Waals surface area contributed by atoms with Crippen molar-refractivity contribution in [2.45, 2.75) is 38.5 Å². The van der Waals surface area contributed by atoms with Crippen molar-refractivity contribution in [2.75, 3.05) is 5.75 Å². The molecule has 0 radical (unpaired) electrons. The third-order valence-electron chi connectivity index (χ3n) is 3.63. The Labute approximate surface area is 139 Å². The van der Waals surface area contributed by atoms with Crippen LogP contribution in [0.15, 0.2) is 11.3 Å². The number of carboxylic acids is 1. The number of thioether (sulfide) groups is 1. The fourth-order valence-corrected chi connectivity index (χ4v) is 3.99. The predicted octanol–water partition coefficient (Wildman–Crippen LogP) is 1.31. The maximum absolute atomic E-state index is 12.1. The van der Waals surface area contributed by atoms with Gasteiger partial charge in [-0.15, -0.1) is 11.8 Å². The molecule has 120 valence electrons. The zero-order valence-corrected chi connectivity index (χ0v) is 14.2. The molecule has 0 bridgehead atoms. The van der Waals surface area contributed by atoms with Crippen LogP contribution in [0.1, 0.15) is 33.1 Å². The second kappa shape index (κ2) is 8.43. The molecule has 0 aromatic carbocycles. The first-order valence-electron chi connectivity index (χ1n) is 6.99. The average molecular weight is 342 g/mol. The maximum atomic E-state index is 12.1. The summed E-state index contributed by atoms with van der Waals surface area (Å²) in [5.74, 6) is -0.923. The summed E-state index contributed by atoms with van der Waals surface area (Å²) >= 11 is 5.61. The molecule has 0 aliphatic carbocycles. The van der Waals surface area contributed by atoms with Crippen LogP contribution in [0.2, 0.25) is 0 Å². The van der Waals surface area contributed by atoms with Crippen molar-refractivity contribution in [3.63, 3.8) is 0 Å². The normalized spacial score (nSPS) is 22.8. The van der Waals surface area contributed by atoms with Crippen LogP contribution >= 0.6 is 23.8 Å². The van der Waals surface area contributed by atoms with Gasteiger partial charge in [-0.3, -0.25) is 14.5 Å². The molecule has 0 saturated carbocycles. The Morgan fingerprint density at radius 2 is 2.09 bits per heavy atom. The summed E-state index contributed by atoms with van der Waals surface area (Å²) in [5, 5.41) is 9.09. The van der Waals surface area contributed by atoms with E-state index in [2.05, 4.69) is 17.7 Å². The fraction of sp³-hybridized carbons (Fsp3) is 0.615. The number of hydrogen-bond donors (Lipinski definition) is 2. The number of Topliss-reactive ketones (excluding diaryl/α,β-unsaturated/α-hetero) is 1. The molecule has 2 atom stereocenters. The van der Waals surface area contributed by atoms with Crippen molar-refractivity contribution in [3.05, 3.63) is 11.3 Å². The molecule has 0 aromatic rings. The zero-order valence-electron chi connectivity index (χ0n) is 12.6. The molecule has 2 rings (SSSR count). The monoisotopic (exact) mass is 342 g/mol. The molecule has 1 fully saturated rings. The number of β-lactam (4-membered cyclic amide) rings is 1. The van der Waals surface area contributed by atoms with E-state index < -0.39 is 5.97 Å². The van der Waals surface area contributed by atoms with Crippen molar-refractivity contribution in [2.24, 2.45) is 11.6 Å². The van der Waals surface area contributed by atoms with E-state index in [1.165, 1.54) is 4.90 Å². The van der Waals surface area contributed by atoms with E-state index in [1.54, 1.807) is 18.7 Å². The summed E-state index contributed by atoms with van der Waals surface area (Å²) < 4.78 is 0. The van der Waals surface area contributed by atoms with Gasteiger partial charge < -0.3 is 5.11 Å². The third-order valence-corrected chi connectivity index (χ3v) is 5.02. The summed E-state index contributed by atoms with van der Waals surface area (Å²) in [7, 11) is 0. The molecule has 0 spiro atoms. The first-order chi connectivity index (χ1) is 10.4. The molecule has 1 saturated heterocycles. The van der Waals surface area contributed by atoms with Crippen molar-refractivity contribution in [3.8, 4) is 0 Å². The molecule has 0 unspecified atom stereocenters. The zero-order chi connectivity index (χ0) is 16.9. The Morgan fingerprint density at radius 1 is 1.50 bits per heavy atom. The minimum absolute atomic E-state index is 0.0562. The molecule has 2 aliphatic rings. The fourth-order valence-electron chi connectivity index (χ4n) is 2.48. The van der Waals surface area contributed by atoms with Gasteiger partial charge in [-0.05, 0) is 12.0 Å². The van der Waals surface area contributed by atoms with E-state index in [0.717, 1.165) is 11.9 Å². The molecule has 0 aromatic heterocycles. The molecular formula is C13H19BN2O4S2. The number of amides is 1. The molecular weight excluding hydrogens is 323 g/mol. The molecule has 2 aliphatic heterocycles. The Hall–Kier alpha value is -1.22. The topological polar surface area (TPSA) is 101 Å². The van der Waals surface area contributed by atoms with Gasteiger partial charge in [0, 0.05) is 18.6 Å². The first kappa shape index (κ1) is 18.8. The van der Waals surface area contributed by atoms with Gasteiger partial charge in [0.25, 0.3) is 0 Å². The third kappa shape index (κ3) is 3.75. The van der Waals surface area contributed by atoms with E-state index >= 15 is 0 Å². The summed E-state index contributed by atoms with van der Waals surface area (Å²) in [5.41, 5.74) is 5.47. The molecule has 3 N–H and O–H groups in total. The van der Waals surface area contributed by atoms with Crippen LogP contribution in [0.3, 0.4) is 0 Å².